The SMILES string of the molecule is COc1ccc(C(=O)CCCCCC2C=CC(O)=CC2)cc1C12CC3CC4CC(C1)C432. The van der Waals surface area contributed by atoms with E-state index in [0.717, 1.165) is 61.2 Å². The summed E-state index contributed by atoms with van der Waals surface area (Å²) in [5.74, 6) is 5.07. The lowest BCUT2D eigenvalue weighted by Crippen LogP contribution is -2.87. The Morgan fingerprint density at radius 1 is 1.13 bits per heavy atom. The van der Waals surface area contributed by atoms with Gasteiger partial charge < -0.3 is 9.84 Å². The van der Waals surface area contributed by atoms with Gasteiger partial charge in [-0.15, -0.1) is 0 Å². The number of Topliss-reactive ketones (excluding diaryl/α,β-unsaturated/α-hetero) is 1. The zero-order valence-corrected chi connectivity index (χ0v) is 18.6. The molecule has 0 aliphatic heterocycles. The van der Waals surface area contributed by atoms with Crippen LogP contribution in [0.1, 0.15) is 80.1 Å². The van der Waals surface area contributed by atoms with Crippen LogP contribution in [0.3, 0.4) is 0 Å². The predicted octanol–water partition coefficient (Wildman–Crippen LogP) is 6.53. The molecule has 0 amide bonds. The second kappa shape index (κ2) is 6.98. The third-order valence-electron chi connectivity index (χ3n) is 9.87. The standard InChI is InChI=1S/C28H34O3/c1-31-26-12-9-19(25(30)6-4-2-3-5-18-7-10-23(29)11-8-18)13-24(26)27-16-21-14-20-15-22(17-27)28(20,21)27/h7,9-13,18,20-22,29H,2-6,8,14-17H2,1H3. The van der Waals surface area contributed by atoms with Gasteiger partial charge in [0.1, 0.15) is 11.5 Å². The van der Waals surface area contributed by atoms with Gasteiger partial charge in [0.15, 0.2) is 5.78 Å². The smallest absolute Gasteiger partial charge is 0.162 e. The van der Waals surface area contributed by atoms with Crippen molar-refractivity contribution < 1.29 is 14.6 Å². The zero-order valence-electron chi connectivity index (χ0n) is 18.6. The van der Waals surface area contributed by atoms with Crippen LogP contribution in [-0.2, 0) is 5.41 Å². The minimum atomic E-state index is 0.286. The highest BCUT2D eigenvalue weighted by molar-refractivity contribution is 5.96. The molecule has 1 aromatic carbocycles. The van der Waals surface area contributed by atoms with Crippen molar-refractivity contribution in [2.24, 2.45) is 29.1 Å². The summed E-state index contributed by atoms with van der Waals surface area (Å²) in [6.07, 6.45) is 17.2. The molecule has 31 heavy (non-hydrogen) atoms. The summed E-state index contributed by atoms with van der Waals surface area (Å²) in [5.41, 5.74) is 3.15. The first-order chi connectivity index (χ1) is 15.1. The number of carbonyl (C=O) groups is 1. The molecule has 0 bridgehead atoms. The Hall–Kier alpha value is -2.03. The molecule has 3 atom stereocenters. The fourth-order valence-electron chi connectivity index (χ4n) is 8.52. The molecule has 0 radical (unpaired) electrons. The first-order valence-corrected chi connectivity index (χ1v) is 12.4. The van der Waals surface area contributed by atoms with Gasteiger partial charge in [0.05, 0.1) is 7.11 Å². The number of aliphatic hydroxyl groups excluding tert-OH is 1. The van der Waals surface area contributed by atoms with E-state index in [1.165, 1.54) is 31.2 Å². The number of hydrogen-bond acceptors (Lipinski definition) is 3. The third-order valence-corrected chi connectivity index (χ3v) is 9.87. The summed E-state index contributed by atoms with van der Waals surface area (Å²) >= 11 is 0. The van der Waals surface area contributed by atoms with Crippen molar-refractivity contribution in [1.82, 2.24) is 0 Å². The summed E-state index contributed by atoms with van der Waals surface area (Å²) in [6.45, 7) is 0. The van der Waals surface area contributed by atoms with Gasteiger partial charge in [-0.1, -0.05) is 18.9 Å². The van der Waals surface area contributed by atoms with Crippen LogP contribution < -0.4 is 4.74 Å². The van der Waals surface area contributed by atoms with Gasteiger partial charge in [-0.3, -0.25) is 4.79 Å². The van der Waals surface area contributed by atoms with Gasteiger partial charge >= 0.3 is 0 Å². The molecule has 0 aromatic heterocycles. The van der Waals surface area contributed by atoms with Crippen LogP contribution in [0.15, 0.2) is 42.2 Å². The van der Waals surface area contributed by atoms with Gasteiger partial charge in [-0.2, -0.15) is 0 Å². The molecule has 1 aromatic rings. The Morgan fingerprint density at radius 2 is 1.94 bits per heavy atom. The van der Waals surface area contributed by atoms with Crippen LogP contribution in [0.4, 0.5) is 0 Å². The first kappa shape index (κ1) is 19.6. The van der Waals surface area contributed by atoms with Crippen molar-refractivity contribution in [2.75, 3.05) is 7.11 Å². The molecule has 164 valence electrons. The molecular weight excluding hydrogens is 384 g/mol. The maximum Gasteiger partial charge on any atom is 0.162 e. The second-order valence-electron chi connectivity index (χ2n) is 10.9. The maximum atomic E-state index is 13.0. The van der Waals surface area contributed by atoms with E-state index in [0.29, 0.717) is 28.9 Å². The highest BCUT2D eigenvalue weighted by atomic mass is 16.5. The topological polar surface area (TPSA) is 46.5 Å². The van der Waals surface area contributed by atoms with Gasteiger partial charge in [0, 0.05) is 23.0 Å². The number of unbranched alkanes of at least 4 members (excludes halogenated alkanes) is 2. The number of rotatable bonds is 9. The number of benzene rings is 1. The second-order valence-corrected chi connectivity index (χ2v) is 10.9. The molecule has 1 spiro atoms. The largest absolute Gasteiger partial charge is 0.508 e. The summed E-state index contributed by atoms with van der Waals surface area (Å²) in [4.78, 5) is 13.0. The minimum absolute atomic E-state index is 0.286. The lowest BCUT2D eigenvalue weighted by Gasteiger charge is -2.91. The lowest BCUT2D eigenvalue weighted by molar-refractivity contribution is -0.395. The number of ketones is 1. The van der Waals surface area contributed by atoms with E-state index < -0.39 is 0 Å². The van der Waals surface area contributed by atoms with Crippen molar-refractivity contribution in [1.29, 1.82) is 0 Å². The van der Waals surface area contributed by atoms with Crippen molar-refractivity contribution in [3.05, 3.63) is 53.3 Å². The van der Waals surface area contributed by atoms with Gasteiger partial charge in [0.25, 0.3) is 0 Å². The Balaban J connectivity index is 1.07. The number of carbonyl (C=O) groups excluding carboxylic acids is 1. The molecule has 4 saturated carbocycles. The average Bonchev–Trinajstić information content (AvgIpc) is 2.72. The quantitative estimate of drug-likeness (QED) is 0.366. The molecule has 3 nitrogen and oxygen atoms in total. The fourth-order valence-corrected chi connectivity index (χ4v) is 8.52. The molecule has 6 rings (SSSR count). The van der Waals surface area contributed by atoms with Gasteiger partial charge in [-0.05, 0) is 104 Å². The van der Waals surface area contributed by atoms with Crippen LogP contribution >= 0.6 is 0 Å². The Bertz CT molecular complexity index is 945. The monoisotopic (exact) mass is 418 g/mol. The number of aliphatic hydroxyl groups is 1. The van der Waals surface area contributed by atoms with Crippen molar-refractivity contribution in [3.8, 4) is 5.75 Å². The van der Waals surface area contributed by atoms with Crippen LogP contribution in [0.5, 0.6) is 5.75 Å². The van der Waals surface area contributed by atoms with Crippen LogP contribution in [-0.4, -0.2) is 18.0 Å². The summed E-state index contributed by atoms with van der Waals surface area (Å²) < 4.78 is 5.78. The van der Waals surface area contributed by atoms with Crippen molar-refractivity contribution in [2.45, 2.75) is 69.6 Å². The maximum absolute atomic E-state index is 13.0. The van der Waals surface area contributed by atoms with Crippen molar-refractivity contribution in [3.63, 3.8) is 0 Å². The van der Waals surface area contributed by atoms with E-state index >= 15 is 0 Å². The van der Waals surface area contributed by atoms with Gasteiger partial charge in [0.2, 0.25) is 0 Å². The molecule has 5 aliphatic rings. The van der Waals surface area contributed by atoms with E-state index in [1.54, 1.807) is 7.11 Å². The van der Waals surface area contributed by atoms with E-state index in [1.807, 2.05) is 18.2 Å². The number of hydrogen-bond donors (Lipinski definition) is 1. The average molecular weight is 419 g/mol. The molecular formula is C28H34O3. The molecule has 0 saturated heterocycles. The Labute approximate surface area is 185 Å². The number of ether oxygens (including phenoxy) is 1. The molecule has 0 heterocycles. The summed E-state index contributed by atoms with van der Waals surface area (Å²) in [7, 11) is 1.78. The highest BCUT2D eigenvalue weighted by Crippen LogP contribution is 2.93. The van der Waals surface area contributed by atoms with Crippen LogP contribution in [0, 0.1) is 29.1 Å². The summed E-state index contributed by atoms with van der Waals surface area (Å²) in [5, 5.41) is 9.42. The predicted molar refractivity (Wildman–Crippen MR) is 121 cm³/mol. The third kappa shape index (κ3) is 2.55. The van der Waals surface area contributed by atoms with Crippen molar-refractivity contribution >= 4 is 5.78 Å². The zero-order chi connectivity index (χ0) is 21.2. The first-order valence-electron chi connectivity index (χ1n) is 12.4. The summed E-state index contributed by atoms with van der Waals surface area (Å²) in [6, 6.07) is 6.25. The van der Waals surface area contributed by atoms with E-state index in [2.05, 4.69) is 18.2 Å². The van der Waals surface area contributed by atoms with E-state index in [4.69, 9.17) is 4.74 Å². The molecule has 1 N–H and O–H groups in total. The van der Waals surface area contributed by atoms with E-state index in [-0.39, 0.29) is 5.78 Å². The minimum Gasteiger partial charge on any atom is -0.508 e. The van der Waals surface area contributed by atoms with Crippen LogP contribution in [0.25, 0.3) is 0 Å². The Morgan fingerprint density at radius 3 is 2.58 bits per heavy atom. The normalized spacial score (nSPS) is 38.4. The molecule has 3 heteroatoms. The van der Waals surface area contributed by atoms with Gasteiger partial charge in [-0.25, -0.2) is 0 Å². The molecule has 3 unspecified atom stereocenters. The lowest BCUT2D eigenvalue weighted by atomic mass is 9.12. The number of methoxy groups -OCH3 is 1. The Kier molecular flexibility index (Phi) is 4.43. The van der Waals surface area contributed by atoms with Crippen LogP contribution in [0.2, 0.25) is 0 Å². The fraction of sp³-hybridized carbons (Fsp3) is 0.607. The molecule has 4 fully saturated rings. The molecule has 5 aliphatic carbocycles. The number of allylic oxidation sites excluding steroid dienone is 3. The van der Waals surface area contributed by atoms with E-state index in [9.17, 15) is 9.90 Å². The highest BCUT2D eigenvalue weighted by Gasteiger charge is 2.88.